The van der Waals surface area contributed by atoms with Crippen molar-refractivity contribution in [2.24, 2.45) is 5.92 Å². The van der Waals surface area contributed by atoms with Gasteiger partial charge in [0.1, 0.15) is 0 Å². The molecule has 1 unspecified atom stereocenters. The Labute approximate surface area is 104 Å². The third-order valence-corrected chi connectivity index (χ3v) is 2.68. The second kappa shape index (κ2) is 9.39. The van der Waals surface area contributed by atoms with E-state index in [4.69, 9.17) is 9.84 Å². The highest BCUT2D eigenvalue weighted by atomic mass is 16.5. The Kier molecular flexibility index (Phi) is 9.03. The van der Waals surface area contributed by atoms with Crippen LogP contribution < -0.4 is 10.6 Å². The zero-order chi connectivity index (χ0) is 13.3. The van der Waals surface area contributed by atoms with Gasteiger partial charge < -0.3 is 20.5 Å². The summed E-state index contributed by atoms with van der Waals surface area (Å²) in [5.74, 6) is 0.254. The van der Waals surface area contributed by atoms with Crippen molar-refractivity contribution in [1.82, 2.24) is 10.6 Å². The molecule has 0 aromatic rings. The first kappa shape index (κ1) is 16.4. The van der Waals surface area contributed by atoms with Gasteiger partial charge in [0.15, 0.2) is 0 Å². The number of amides is 1. The maximum Gasteiger partial charge on any atom is 0.236 e. The van der Waals surface area contributed by atoms with Gasteiger partial charge in [-0.3, -0.25) is 4.79 Å². The van der Waals surface area contributed by atoms with Crippen LogP contribution in [-0.4, -0.2) is 50.0 Å². The molecule has 0 fully saturated rings. The molecular formula is C12H26N2O3. The molecule has 0 aliphatic heterocycles. The Hall–Kier alpha value is -0.650. The van der Waals surface area contributed by atoms with Gasteiger partial charge in [-0.1, -0.05) is 13.8 Å². The molecule has 0 saturated carbocycles. The van der Waals surface area contributed by atoms with Gasteiger partial charge in [-0.2, -0.15) is 0 Å². The van der Waals surface area contributed by atoms with E-state index < -0.39 is 0 Å². The van der Waals surface area contributed by atoms with E-state index in [0.717, 1.165) is 6.42 Å². The van der Waals surface area contributed by atoms with Gasteiger partial charge in [-0.15, -0.1) is 0 Å². The van der Waals surface area contributed by atoms with Gasteiger partial charge >= 0.3 is 0 Å². The van der Waals surface area contributed by atoms with Crippen LogP contribution in [0.5, 0.6) is 0 Å². The lowest BCUT2D eigenvalue weighted by molar-refractivity contribution is -0.123. The van der Waals surface area contributed by atoms with Gasteiger partial charge in [0.2, 0.25) is 5.91 Å². The molecule has 102 valence electrons. The number of ether oxygens (including phenoxy) is 1. The Morgan fingerprint density at radius 3 is 2.47 bits per heavy atom. The van der Waals surface area contributed by atoms with Crippen LogP contribution in [0.4, 0.5) is 0 Å². The summed E-state index contributed by atoms with van der Waals surface area (Å²) in [6.07, 6.45) is 0.808. The van der Waals surface area contributed by atoms with Crippen LogP contribution in [0.1, 0.15) is 27.2 Å². The summed E-state index contributed by atoms with van der Waals surface area (Å²) in [5.41, 5.74) is 0. The molecule has 0 aromatic carbocycles. The summed E-state index contributed by atoms with van der Waals surface area (Å²) < 4.78 is 4.90. The predicted octanol–water partition coefficient (Wildman–Crippen LogP) is 0.134. The Morgan fingerprint density at radius 1 is 1.35 bits per heavy atom. The number of aliphatic hydroxyl groups excluding tert-OH is 1. The maximum atomic E-state index is 11.7. The van der Waals surface area contributed by atoms with E-state index in [1.54, 1.807) is 14.0 Å². The monoisotopic (exact) mass is 246 g/mol. The Bertz CT molecular complexity index is 210. The van der Waals surface area contributed by atoms with Crippen molar-refractivity contribution in [3.63, 3.8) is 0 Å². The highest BCUT2D eigenvalue weighted by molar-refractivity contribution is 5.81. The molecule has 0 radical (unpaired) electrons. The number of hydrogen-bond acceptors (Lipinski definition) is 4. The Morgan fingerprint density at radius 2 is 2.00 bits per heavy atom. The first-order valence-corrected chi connectivity index (χ1v) is 6.16. The van der Waals surface area contributed by atoms with Crippen molar-refractivity contribution in [2.75, 3.05) is 26.9 Å². The van der Waals surface area contributed by atoms with E-state index in [1.807, 2.05) is 13.8 Å². The molecule has 0 aromatic heterocycles. The van der Waals surface area contributed by atoms with Crippen LogP contribution >= 0.6 is 0 Å². The summed E-state index contributed by atoms with van der Waals surface area (Å²) in [5, 5.41) is 15.1. The highest BCUT2D eigenvalue weighted by Crippen LogP contribution is 2.01. The quantitative estimate of drug-likeness (QED) is 0.506. The highest BCUT2D eigenvalue weighted by Gasteiger charge is 2.19. The van der Waals surface area contributed by atoms with Crippen molar-refractivity contribution in [3.8, 4) is 0 Å². The van der Waals surface area contributed by atoms with Crippen LogP contribution in [-0.2, 0) is 9.53 Å². The van der Waals surface area contributed by atoms with Crippen molar-refractivity contribution < 1.29 is 14.6 Å². The van der Waals surface area contributed by atoms with E-state index in [0.29, 0.717) is 19.1 Å². The average Bonchev–Trinajstić information content (AvgIpc) is 2.30. The SMILES string of the molecule is COCCCNC(=O)C(C)N[C@H](CO)C(C)C. The lowest BCUT2D eigenvalue weighted by Crippen LogP contribution is -2.49. The van der Waals surface area contributed by atoms with E-state index in [1.165, 1.54) is 0 Å². The first-order valence-electron chi connectivity index (χ1n) is 6.16. The standard InChI is InChI=1S/C12H26N2O3/c1-9(2)11(8-15)14-10(3)12(16)13-6-5-7-17-4/h9-11,14-15H,5-8H2,1-4H3,(H,13,16)/t10?,11-/m1/s1. The summed E-state index contributed by atoms with van der Waals surface area (Å²) in [7, 11) is 1.64. The zero-order valence-electron chi connectivity index (χ0n) is 11.3. The van der Waals surface area contributed by atoms with Gasteiger partial charge in [0, 0.05) is 26.3 Å². The lowest BCUT2D eigenvalue weighted by Gasteiger charge is -2.24. The van der Waals surface area contributed by atoms with Gasteiger partial charge in [0.25, 0.3) is 0 Å². The second-order valence-electron chi connectivity index (χ2n) is 4.56. The minimum absolute atomic E-state index is 0.0406. The van der Waals surface area contributed by atoms with E-state index >= 15 is 0 Å². The van der Waals surface area contributed by atoms with E-state index in [2.05, 4.69) is 10.6 Å². The molecule has 5 heteroatoms. The number of aliphatic hydroxyl groups is 1. The zero-order valence-corrected chi connectivity index (χ0v) is 11.3. The predicted molar refractivity (Wildman–Crippen MR) is 67.8 cm³/mol. The van der Waals surface area contributed by atoms with Crippen molar-refractivity contribution >= 4 is 5.91 Å². The number of rotatable bonds is 9. The number of carbonyl (C=O) groups is 1. The topological polar surface area (TPSA) is 70.6 Å². The van der Waals surface area contributed by atoms with E-state index in [-0.39, 0.29) is 24.6 Å². The summed E-state index contributed by atoms with van der Waals surface area (Å²) in [6, 6.07) is -0.341. The van der Waals surface area contributed by atoms with Crippen LogP contribution in [0.2, 0.25) is 0 Å². The van der Waals surface area contributed by atoms with Crippen LogP contribution in [0.25, 0.3) is 0 Å². The van der Waals surface area contributed by atoms with E-state index in [9.17, 15) is 4.79 Å². The van der Waals surface area contributed by atoms with Gasteiger partial charge in [-0.25, -0.2) is 0 Å². The summed E-state index contributed by atoms with van der Waals surface area (Å²) in [4.78, 5) is 11.7. The number of nitrogens with one attached hydrogen (secondary N) is 2. The number of methoxy groups -OCH3 is 1. The molecule has 0 saturated heterocycles. The average molecular weight is 246 g/mol. The van der Waals surface area contributed by atoms with Gasteiger partial charge in [0.05, 0.1) is 12.6 Å². The Balaban J connectivity index is 3.87. The molecule has 5 nitrogen and oxygen atoms in total. The van der Waals surface area contributed by atoms with Crippen molar-refractivity contribution in [2.45, 2.75) is 39.3 Å². The van der Waals surface area contributed by atoms with Crippen LogP contribution in [0.3, 0.4) is 0 Å². The third kappa shape index (κ3) is 7.31. The summed E-state index contributed by atoms with van der Waals surface area (Å²) in [6.45, 7) is 7.13. The minimum Gasteiger partial charge on any atom is -0.395 e. The fourth-order valence-electron chi connectivity index (χ4n) is 1.43. The molecule has 1 amide bonds. The molecule has 0 heterocycles. The minimum atomic E-state index is -0.294. The van der Waals surface area contributed by atoms with Crippen molar-refractivity contribution in [3.05, 3.63) is 0 Å². The first-order chi connectivity index (χ1) is 8.02. The molecule has 0 rings (SSSR count). The smallest absolute Gasteiger partial charge is 0.236 e. The molecule has 0 spiro atoms. The normalized spacial score (nSPS) is 14.7. The molecule has 0 bridgehead atoms. The largest absolute Gasteiger partial charge is 0.395 e. The van der Waals surface area contributed by atoms with Gasteiger partial charge in [-0.05, 0) is 19.3 Å². The molecule has 2 atom stereocenters. The molecule has 0 aliphatic rings. The molecular weight excluding hydrogens is 220 g/mol. The fraction of sp³-hybridized carbons (Fsp3) is 0.917. The van der Waals surface area contributed by atoms with Crippen molar-refractivity contribution in [1.29, 1.82) is 0 Å². The molecule has 0 aliphatic carbocycles. The third-order valence-electron chi connectivity index (χ3n) is 2.68. The van der Waals surface area contributed by atoms with Crippen LogP contribution in [0, 0.1) is 5.92 Å². The molecule has 17 heavy (non-hydrogen) atoms. The lowest BCUT2D eigenvalue weighted by atomic mass is 10.0. The second-order valence-corrected chi connectivity index (χ2v) is 4.56. The molecule has 3 N–H and O–H groups in total. The fourth-order valence-corrected chi connectivity index (χ4v) is 1.43. The number of hydrogen-bond donors (Lipinski definition) is 3. The summed E-state index contributed by atoms with van der Waals surface area (Å²) >= 11 is 0. The maximum absolute atomic E-state index is 11.7. The van der Waals surface area contributed by atoms with Crippen LogP contribution in [0.15, 0.2) is 0 Å². The number of carbonyl (C=O) groups excluding carboxylic acids is 1.